The molecule has 2 heterocycles. The number of carbonyl (C=O) groups excluding carboxylic acids is 1. The Hall–Kier alpha value is -2.34. The van der Waals surface area contributed by atoms with Gasteiger partial charge in [0.2, 0.25) is 11.9 Å². The lowest BCUT2D eigenvalue weighted by molar-refractivity contribution is -0.116. The van der Waals surface area contributed by atoms with Gasteiger partial charge >= 0.3 is 0 Å². The van der Waals surface area contributed by atoms with Crippen LogP contribution in [0.4, 0.5) is 17.6 Å². The first-order valence-electron chi connectivity index (χ1n) is 6.03. The molecular formula is C13H12ClN5O. The van der Waals surface area contributed by atoms with Crippen LogP contribution in [-0.4, -0.2) is 15.9 Å². The van der Waals surface area contributed by atoms with Crippen molar-refractivity contribution in [2.24, 2.45) is 0 Å². The fraction of sp³-hybridized carbons (Fsp3) is 0.154. The van der Waals surface area contributed by atoms with E-state index in [2.05, 4.69) is 15.3 Å². The molecule has 1 atom stereocenters. The zero-order valence-corrected chi connectivity index (χ0v) is 11.2. The van der Waals surface area contributed by atoms with Gasteiger partial charge in [0.15, 0.2) is 0 Å². The summed E-state index contributed by atoms with van der Waals surface area (Å²) in [5.41, 5.74) is 13.1. The van der Waals surface area contributed by atoms with E-state index >= 15 is 0 Å². The zero-order valence-electron chi connectivity index (χ0n) is 10.4. The Morgan fingerprint density at radius 2 is 1.90 bits per heavy atom. The highest BCUT2D eigenvalue weighted by molar-refractivity contribution is 6.30. The van der Waals surface area contributed by atoms with Crippen molar-refractivity contribution in [1.29, 1.82) is 0 Å². The van der Waals surface area contributed by atoms with Crippen LogP contribution < -0.4 is 16.8 Å². The van der Waals surface area contributed by atoms with E-state index in [0.717, 1.165) is 5.56 Å². The Labute approximate surface area is 120 Å². The molecule has 6 nitrogen and oxygen atoms in total. The van der Waals surface area contributed by atoms with Crippen molar-refractivity contribution < 1.29 is 4.79 Å². The maximum absolute atomic E-state index is 11.8. The van der Waals surface area contributed by atoms with Crippen LogP contribution in [0.5, 0.6) is 0 Å². The summed E-state index contributed by atoms with van der Waals surface area (Å²) in [6, 6.07) is 7.28. The first-order valence-corrected chi connectivity index (χ1v) is 6.40. The molecule has 0 radical (unpaired) electrons. The molecule has 0 bridgehead atoms. The molecule has 7 heteroatoms. The topological polar surface area (TPSA) is 107 Å². The molecule has 0 aliphatic carbocycles. The lowest BCUT2D eigenvalue weighted by atomic mass is 9.86. The van der Waals surface area contributed by atoms with Gasteiger partial charge in [0, 0.05) is 22.9 Å². The van der Waals surface area contributed by atoms with Crippen molar-refractivity contribution in [3.8, 4) is 0 Å². The molecule has 0 saturated carbocycles. The number of fused-ring (bicyclic) bond motifs is 1. The number of nitrogen functional groups attached to an aromatic ring is 2. The van der Waals surface area contributed by atoms with Gasteiger partial charge in [-0.3, -0.25) is 4.79 Å². The van der Waals surface area contributed by atoms with Crippen molar-refractivity contribution in [1.82, 2.24) is 9.97 Å². The molecule has 0 fully saturated rings. The van der Waals surface area contributed by atoms with Crippen LogP contribution in [0.25, 0.3) is 0 Å². The number of amides is 1. The molecule has 1 aromatic heterocycles. The Morgan fingerprint density at radius 1 is 1.20 bits per heavy atom. The van der Waals surface area contributed by atoms with Crippen LogP contribution in [0.2, 0.25) is 5.02 Å². The van der Waals surface area contributed by atoms with Gasteiger partial charge < -0.3 is 16.8 Å². The Balaban J connectivity index is 2.14. The van der Waals surface area contributed by atoms with Crippen LogP contribution in [-0.2, 0) is 4.79 Å². The molecule has 1 unspecified atom stereocenters. The Kier molecular flexibility index (Phi) is 2.94. The molecular weight excluding hydrogens is 278 g/mol. The van der Waals surface area contributed by atoms with E-state index in [1.807, 2.05) is 12.1 Å². The quantitative estimate of drug-likeness (QED) is 0.741. The van der Waals surface area contributed by atoms with Crippen molar-refractivity contribution in [2.75, 3.05) is 16.8 Å². The SMILES string of the molecule is Nc1nc(N)c2c(n1)NC(=O)CC2c1ccc(Cl)cc1. The summed E-state index contributed by atoms with van der Waals surface area (Å²) < 4.78 is 0. The number of nitrogens with one attached hydrogen (secondary N) is 1. The summed E-state index contributed by atoms with van der Waals surface area (Å²) in [4.78, 5) is 19.8. The molecule has 3 rings (SSSR count). The normalized spacial score (nSPS) is 17.4. The van der Waals surface area contributed by atoms with E-state index < -0.39 is 0 Å². The minimum absolute atomic E-state index is 0.0401. The standard InChI is InChI=1S/C13H12ClN5O/c14-7-3-1-6(2-4-7)8-5-9(20)17-12-10(8)11(15)18-13(16)19-12/h1-4,8H,5H2,(H5,15,16,17,18,19,20). The zero-order chi connectivity index (χ0) is 14.3. The van der Waals surface area contributed by atoms with Crippen LogP contribution >= 0.6 is 11.6 Å². The van der Waals surface area contributed by atoms with Crippen molar-refractivity contribution in [3.63, 3.8) is 0 Å². The van der Waals surface area contributed by atoms with Crippen LogP contribution in [0.1, 0.15) is 23.5 Å². The van der Waals surface area contributed by atoms with E-state index in [0.29, 0.717) is 16.4 Å². The summed E-state index contributed by atoms with van der Waals surface area (Å²) >= 11 is 5.89. The van der Waals surface area contributed by atoms with Crippen molar-refractivity contribution >= 4 is 35.1 Å². The smallest absolute Gasteiger partial charge is 0.226 e. The highest BCUT2D eigenvalue weighted by Crippen LogP contribution is 2.39. The van der Waals surface area contributed by atoms with Gasteiger partial charge in [0.1, 0.15) is 11.6 Å². The lowest BCUT2D eigenvalue weighted by Crippen LogP contribution is -2.26. The number of rotatable bonds is 1. The summed E-state index contributed by atoms with van der Waals surface area (Å²) in [6.07, 6.45) is 0.284. The Bertz CT molecular complexity index is 686. The number of nitrogens with zero attached hydrogens (tertiary/aromatic N) is 2. The number of nitrogens with two attached hydrogens (primary N) is 2. The average Bonchev–Trinajstić information content (AvgIpc) is 2.37. The average molecular weight is 290 g/mol. The van der Waals surface area contributed by atoms with E-state index in [1.54, 1.807) is 12.1 Å². The predicted molar refractivity (Wildman–Crippen MR) is 77.4 cm³/mol. The number of hydrogen-bond acceptors (Lipinski definition) is 5. The third kappa shape index (κ3) is 2.14. The van der Waals surface area contributed by atoms with Gasteiger partial charge in [-0.1, -0.05) is 23.7 Å². The van der Waals surface area contributed by atoms with Crippen LogP contribution in [0.15, 0.2) is 24.3 Å². The van der Waals surface area contributed by atoms with Crippen molar-refractivity contribution in [3.05, 3.63) is 40.4 Å². The first-order chi connectivity index (χ1) is 9.54. The first kappa shape index (κ1) is 12.7. The summed E-state index contributed by atoms with van der Waals surface area (Å²) in [7, 11) is 0. The molecule has 5 N–H and O–H groups in total. The molecule has 1 amide bonds. The summed E-state index contributed by atoms with van der Waals surface area (Å²) in [5, 5.41) is 3.31. The predicted octanol–water partition coefficient (Wildman–Crippen LogP) is 1.77. The molecule has 20 heavy (non-hydrogen) atoms. The molecule has 2 aromatic rings. The third-order valence-corrected chi connectivity index (χ3v) is 3.51. The summed E-state index contributed by atoms with van der Waals surface area (Å²) in [5.74, 6) is 0.378. The second kappa shape index (κ2) is 4.64. The third-order valence-electron chi connectivity index (χ3n) is 3.26. The maximum Gasteiger partial charge on any atom is 0.226 e. The molecule has 0 saturated heterocycles. The number of benzene rings is 1. The second-order valence-corrected chi connectivity index (χ2v) is 5.02. The number of anilines is 3. The molecule has 1 aromatic carbocycles. The van der Waals surface area contributed by atoms with E-state index in [4.69, 9.17) is 23.1 Å². The fourth-order valence-electron chi connectivity index (χ4n) is 2.39. The maximum atomic E-state index is 11.8. The number of hydrogen-bond donors (Lipinski definition) is 3. The lowest BCUT2D eigenvalue weighted by Gasteiger charge is -2.26. The highest BCUT2D eigenvalue weighted by atomic mass is 35.5. The second-order valence-electron chi connectivity index (χ2n) is 4.59. The number of aromatic nitrogens is 2. The minimum Gasteiger partial charge on any atom is -0.383 e. The van der Waals surface area contributed by atoms with Gasteiger partial charge in [-0.2, -0.15) is 9.97 Å². The fourth-order valence-corrected chi connectivity index (χ4v) is 2.52. The molecule has 102 valence electrons. The monoisotopic (exact) mass is 289 g/mol. The molecule has 0 spiro atoms. The number of carbonyl (C=O) groups is 1. The van der Waals surface area contributed by atoms with Gasteiger partial charge in [-0.15, -0.1) is 0 Å². The van der Waals surface area contributed by atoms with E-state index in [9.17, 15) is 4.79 Å². The Morgan fingerprint density at radius 3 is 2.60 bits per heavy atom. The van der Waals surface area contributed by atoms with E-state index in [1.165, 1.54) is 0 Å². The summed E-state index contributed by atoms with van der Waals surface area (Å²) in [6.45, 7) is 0. The molecule has 1 aliphatic heterocycles. The largest absolute Gasteiger partial charge is 0.383 e. The van der Waals surface area contributed by atoms with Gasteiger partial charge in [-0.05, 0) is 17.7 Å². The van der Waals surface area contributed by atoms with Gasteiger partial charge in [-0.25, -0.2) is 0 Å². The molecule has 1 aliphatic rings. The number of halogens is 1. The van der Waals surface area contributed by atoms with Crippen LogP contribution in [0, 0.1) is 0 Å². The van der Waals surface area contributed by atoms with Gasteiger partial charge in [0.25, 0.3) is 0 Å². The van der Waals surface area contributed by atoms with Crippen molar-refractivity contribution in [2.45, 2.75) is 12.3 Å². The van der Waals surface area contributed by atoms with Crippen LogP contribution in [0.3, 0.4) is 0 Å². The van der Waals surface area contributed by atoms with Gasteiger partial charge in [0.05, 0.1) is 0 Å². The minimum atomic E-state index is -0.198. The highest BCUT2D eigenvalue weighted by Gasteiger charge is 2.30. The van der Waals surface area contributed by atoms with E-state index in [-0.39, 0.29) is 30.0 Å².